The van der Waals surface area contributed by atoms with Gasteiger partial charge >= 0.3 is 0 Å². The zero-order valence-corrected chi connectivity index (χ0v) is 11.3. The molecule has 2 rings (SSSR count). The highest BCUT2D eigenvalue weighted by Gasteiger charge is 2.05. The molecule has 96 valence electrons. The Morgan fingerprint density at radius 1 is 1.11 bits per heavy atom. The normalized spacial score (nSPS) is 10.8. The first-order chi connectivity index (χ1) is 9.77. The van der Waals surface area contributed by atoms with Gasteiger partial charge in [0.2, 0.25) is 0 Å². The Balaban J connectivity index is 2.37. The second-order valence-corrected chi connectivity index (χ2v) is 4.71. The lowest BCUT2D eigenvalue weighted by atomic mass is 9.96. The van der Waals surface area contributed by atoms with Gasteiger partial charge in [0.1, 0.15) is 0 Å². The second kappa shape index (κ2) is 6.75. The summed E-state index contributed by atoms with van der Waals surface area (Å²) in [6, 6.07) is 16.4. The van der Waals surface area contributed by atoms with Crippen LogP contribution in [-0.2, 0) is 6.42 Å². The van der Waals surface area contributed by atoms with Crippen molar-refractivity contribution in [1.82, 2.24) is 0 Å². The Hall–Kier alpha value is -2.07. The maximum atomic E-state index is 9.39. The average molecular weight is 250 g/mol. The molecule has 0 amide bonds. The van der Waals surface area contributed by atoms with E-state index >= 15 is 0 Å². The third-order valence-corrected chi connectivity index (χ3v) is 3.25. The molecule has 0 saturated heterocycles. The molecule has 0 atom stereocenters. The first kappa shape index (κ1) is 12.0. The molecular formula is C18H19N. The fourth-order valence-corrected chi connectivity index (χ4v) is 2.19. The molecule has 0 fully saturated rings. The van der Waals surface area contributed by atoms with Gasteiger partial charge in [0, 0.05) is 0 Å². The molecule has 0 N–H and O–H groups in total. The lowest BCUT2D eigenvalue weighted by molar-refractivity contribution is 0.717. The molecule has 0 spiro atoms. The van der Waals surface area contributed by atoms with Gasteiger partial charge in [-0.3, -0.25) is 0 Å². The van der Waals surface area contributed by atoms with Crippen LogP contribution in [0.1, 0.15) is 38.7 Å². The van der Waals surface area contributed by atoms with Crippen molar-refractivity contribution in [2.24, 2.45) is 0 Å². The van der Waals surface area contributed by atoms with Crippen molar-refractivity contribution in [3.05, 3.63) is 59.6 Å². The van der Waals surface area contributed by atoms with Crippen LogP contribution in [0.4, 0.5) is 0 Å². The summed E-state index contributed by atoms with van der Waals surface area (Å²) in [4.78, 5) is 0. The first-order valence-electron chi connectivity index (χ1n) is 7.36. The van der Waals surface area contributed by atoms with Crippen molar-refractivity contribution < 1.29 is 1.37 Å². The highest BCUT2D eigenvalue weighted by molar-refractivity contribution is 5.70. The molecule has 0 aromatic heterocycles. The molecular weight excluding hydrogens is 230 g/mol. The van der Waals surface area contributed by atoms with Gasteiger partial charge in [-0.25, -0.2) is 0 Å². The smallest absolute Gasteiger partial charge is 0.0998 e. The van der Waals surface area contributed by atoms with Crippen LogP contribution in [-0.4, -0.2) is 0 Å². The molecule has 0 aliphatic heterocycles. The van der Waals surface area contributed by atoms with Gasteiger partial charge in [0.05, 0.1) is 13.0 Å². The highest BCUT2D eigenvalue weighted by Crippen LogP contribution is 2.24. The number of aryl methyl sites for hydroxylation is 1. The predicted molar refractivity (Wildman–Crippen MR) is 79.8 cm³/mol. The number of benzene rings is 2. The summed E-state index contributed by atoms with van der Waals surface area (Å²) in [7, 11) is 0. The molecule has 0 saturated carbocycles. The van der Waals surface area contributed by atoms with Gasteiger partial charge in [-0.2, -0.15) is 5.26 Å². The Bertz CT molecular complexity index is 611. The summed E-state index contributed by atoms with van der Waals surface area (Å²) in [5, 5.41) is 9.39. The average Bonchev–Trinajstić information content (AvgIpc) is 2.49. The molecule has 0 radical (unpaired) electrons. The van der Waals surface area contributed by atoms with Crippen molar-refractivity contribution >= 4 is 0 Å². The summed E-state index contributed by atoms with van der Waals surface area (Å²) in [5.41, 5.74) is 3.33. The van der Waals surface area contributed by atoms with Crippen LogP contribution in [0.5, 0.6) is 0 Å². The third kappa shape index (κ3) is 3.45. The zero-order chi connectivity index (χ0) is 14.4. The van der Waals surface area contributed by atoms with Crippen molar-refractivity contribution in [2.45, 2.75) is 32.6 Å². The molecule has 0 bridgehead atoms. The van der Waals surface area contributed by atoms with Crippen LogP contribution >= 0.6 is 0 Å². The lowest BCUT2D eigenvalue weighted by Crippen LogP contribution is -1.90. The Labute approximate surface area is 116 Å². The minimum Gasteiger partial charge on any atom is -0.192 e. The Morgan fingerprint density at radius 2 is 1.89 bits per heavy atom. The topological polar surface area (TPSA) is 23.8 Å². The number of nitrogens with zero attached hydrogens (tertiary/aromatic N) is 1. The quantitative estimate of drug-likeness (QED) is 0.688. The highest BCUT2D eigenvalue weighted by atomic mass is 14.2. The number of hydrogen-bond donors (Lipinski definition) is 0. The van der Waals surface area contributed by atoms with Crippen LogP contribution in [0.3, 0.4) is 0 Å². The maximum Gasteiger partial charge on any atom is 0.0998 e. The molecule has 0 heterocycles. The minimum absolute atomic E-state index is 0.393. The van der Waals surface area contributed by atoms with E-state index in [1.165, 1.54) is 12.8 Å². The van der Waals surface area contributed by atoms with Crippen LogP contribution < -0.4 is 0 Å². The van der Waals surface area contributed by atoms with Crippen LogP contribution in [0.15, 0.2) is 48.5 Å². The summed E-state index contributed by atoms with van der Waals surface area (Å²) in [5.74, 6) is 0. The summed E-state index contributed by atoms with van der Waals surface area (Å²) >= 11 is 0. The molecule has 0 unspecified atom stereocenters. The van der Waals surface area contributed by atoms with Gasteiger partial charge in [-0.05, 0) is 35.6 Å². The molecule has 0 aliphatic rings. The molecule has 1 heteroatoms. The SMILES string of the molecule is [2H]c1c(CCCCC)ccc(-c2ccccc2)c1C#N. The maximum absolute atomic E-state index is 9.39. The van der Waals surface area contributed by atoms with E-state index in [9.17, 15) is 5.26 Å². The van der Waals surface area contributed by atoms with E-state index < -0.39 is 0 Å². The van der Waals surface area contributed by atoms with Crippen molar-refractivity contribution in [3.8, 4) is 17.2 Å². The standard InChI is InChI=1S/C18H19N/c1-2-3-5-8-15-11-12-18(17(13-15)14-19)16-9-6-4-7-10-16/h4,6-7,9-13H,2-3,5,8H2,1H3/i13D. The summed E-state index contributed by atoms with van der Waals surface area (Å²) < 4.78 is 8.25. The fourth-order valence-electron chi connectivity index (χ4n) is 2.19. The first-order valence-corrected chi connectivity index (χ1v) is 6.86. The van der Waals surface area contributed by atoms with E-state index in [-0.39, 0.29) is 0 Å². The van der Waals surface area contributed by atoms with E-state index in [0.717, 1.165) is 29.5 Å². The van der Waals surface area contributed by atoms with E-state index in [1.54, 1.807) is 0 Å². The van der Waals surface area contributed by atoms with Crippen molar-refractivity contribution in [1.29, 1.82) is 5.26 Å². The monoisotopic (exact) mass is 250 g/mol. The Morgan fingerprint density at radius 3 is 2.58 bits per heavy atom. The lowest BCUT2D eigenvalue weighted by Gasteiger charge is -2.07. The van der Waals surface area contributed by atoms with Crippen molar-refractivity contribution in [2.75, 3.05) is 0 Å². The molecule has 2 aromatic rings. The molecule has 1 nitrogen and oxygen atoms in total. The molecule has 2 aromatic carbocycles. The van der Waals surface area contributed by atoms with Crippen molar-refractivity contribution in [3.63, 3.8) is 0 Å². The Kier molecular flexibility index (Phi) is 4.26. The third-order valence-electron chi connectivity index (χ3n) is 3.25. The molecule has 0 aliphatic carbocycles. The summed E-state index contributed by atoms with van der Waals surface area (Å²) in [6.45, 7) is 2.17. The van der Waals surface area contributed by atoms with E-state index in [1.807, 2.05) is 42.5 Å². The molecule has 19 heavy (non-hydrogen) atoms. The van der Waals surface area contributed by atoms with Gasteiger partial charge in [0.15, 0.2) is 0 Å². The summed E-state index contributed by atoms with van der Waals surface area (Å²) in [6.07, 6.45) is 4.30. The van der Waals surface area contributed by atoms with E-state index in [4.69, 9.17) is 1.37 Å². The van der Waals surface area contributed by atoms with Gasteiger partial charge < -0.3 is 0 Å². The fraction of sp³-hybridized carbons (Fsp3) is 0.278. The number of nitriles is 1. The second-order valence-electron chi connectivity index (χ2n) is 4.71. The zero-order valence-electron chi connectivity index (χ0n) is 12.3. The van der Waals surface area contributed by atoms with E-state index in [0.29, 0.717) is 11.6 Å². The van der Waals surface area contributed by atoms with Crippen LogP contribution in [0.2, 0.25) is 0 Å². The van der Waals surface area contributed by atoms with Crippen LogP contribution in [0, 0.1) is 11.3 Å². The number of unbranched alkanes of at least 4 members (excludes halogenated alkanes) is 2. The largest absolute Gasteiger partial charge is 0.192 e. The number of hydrogen-bond acceptors (Lipinski definition) is 1. The van der Waals surface area contributed by atoms with Gasteiger partial charge in [-0.15, -0.1) is 0 Å². The van der Waals surface area contributed by atoms with Gasteiger partial charge in [-0.1, -0.05) is 62.2 Å². The minimum atomic E-state index is 0.393. The van der Waals surface area contributed by atoms with Gasteiger partial charge in [0.25, 0.3) is 0 Å². The van der Waals surface area contributed by atoms with Crippen LogP contribution in [0.25, 0.3) is 11.1 Å². The predicted octanol–water partition coefficient (Wildman–Crippen LogP) is 4.96. The number of rotatable bonds is 5. The van der Waals surface area contributed by atoms with E-state index in [2.05, 4.69) is 13.0 Å².